The molecule has 0 saturated heterocycles. The maximum Gasteiger partial charge on any atom is 0.309 e. The molecule has 0 bridgehead atoms. The van der Waals surface area contributed by atoms with E-state index in [9.17, 15) is 9.59 Å². The first-order valence-electron chi connectivity index (χ1n) is 7.11. The number of hydrogen-bond acceptors (Lipinski definition) is 5. The van der Waals surface area contributed by atoms with Crippen LogP contribution in [-0.4, -0.2) is 25.7 Å². The molecule has 1 aromatic rings. The van der Waals surface area contributed by atoms with Crippen molar-refractivity contribution in [3.8, 4) is 5.75 Å². The zero-order valence-electron chi connectivity index (χ0n) is 12.1. The Bertz CT molecular complexity index is 460. The second-order valence-electron chi connectivity index (χ2n) is 5.16. The lowest BCUT2D eigenvalue weighted by Gasteiger charge is -2.25. The molecule has 0 aromatic heterocycles. The van der Waals surface area contributed by atoms with Gasteiger partial charge in [0.2, 0.25) is 0 Å². The first kappa shape index (κ1) is 15.4. The topological polar surface area (TPSA) is 61.8 Å². The summed E-state index contributed by atoms with van der Waals surface area (Å²) in [6, 6.07) is 7.43. The van der Waals surface area contributed by atoms with Crippen LogP contribution in [0.5, 0.6) is 5.75 Å². The maximum atomic E-state index is 12.0. The van der Waals surface area contributed by atoms with Crippen LogP contribution in [0, 0.1) is 5.92 Å². The van der Waals surface area contributed by atoms with Crippen molar-refractivity contribution in [1.29, 1.82) is 0 Å². The fraction of sp³-hybridized carbons (Fsp3) is 0.500. The minimum absolute atomic E-state index is 0.0480. The summed E-state index contributed by atoms with van der Waals surface area (Å²) >= 11 is 0. The molecule has 1 aromatic carbocycles. The van der Waals surface area contributed by atoms with Gasteiger partial charge in [0.15, 0.2) is 0 Å². The van der Waals surface area contributed by atoms with E-state index in [1.54, 1.807) is 7.11 Å². The molecule has 0 spiro atoms. The van der Waals surface area contributed by atoms with Crippen molar-refractivity contribution in [3.05, 3.63) is 29.8 Å². The summed E-state index contributed by atoms with van der Waals surface area (Å²) in [7, 11) is 1.61. The SMILES string of the molecule is COc1ccc(COC(=O)C2CCC(OC=O)CC2)cc1. The van der Waals surface area contributed by atoms with Gasteiger partial charge in [-0.05, 0) is 43.4 Å². The van der Waals surface area contributed by atoms with Gasteiger partial charge >= 0.3 is 5.97 Å². The van der Waals surface area contributed by atoms with Crippen molar-refractivity contribution in [2.24, 2.45) is 5.92 Å². The van der Waals surface area contributed by atoms with Gasteiger partial charge in [0, 0.05) is 0 Å². The first-order chi connectivity index (χ1) is 10.2. The molecule has 0 atom stereocenters. The van der Waals surface area contributed by atoms with E-state index in [0.717, 1.165) is 24.2 Å². The van der Waals surface area contributed by atoms with E-state index in [1.807, 2.05) is 24.3 Å². The van der Waals surface area contributed by atoms with Crippen LogP contribution in [0.15, 0.2) is 24.3 Å². The Morgan fingerprint density at radius 2 is 1.86 bits per heavy atom. The third-order valence-corrected chi connectivity index (χ3v) is 3.80. The summed E-state index contributed by atoms with van der Waals surface area (Å²) < 4.78 is 15.3. The van der Waals surface area contributed by atoms with Gasteiger partial charge in [-0.25, -0.2) is 0 Å². The Balaban J connectivity index is 1.75. The van der Waals surface area contributed by atoms with Crippen LogP contribution in [0.1, 0.15) is 31.2 Å². The summed E-state index contributed by atoms with van der Waals surface area (Å²) in [5, 5.41) is 0. The minimum Gasteiger partial charge on any atom is -0.497 e. The van der Waals surface area contributed by atoms with Crippen LogP contribution in [-0.2, 0) is 25.7 Å². The Kier molecular flexibility index (Phi) is 5.60. The second-order valence-corrected chi connectivity index (χ2v) is 5.16. The Morgan fingerprint density at radius 1 is 1.19 bits per heavy atom. The normalized spacial score (nSPS) is 21.4. The molecule has 1 saturated carbocycles. The molecule has 0 aliphatic heterocycles. The molecule has 5 nitrogen and oxygen atoms in total. The Morgan fingerprint density at radius 3 is 2.43 bits per heavy atom. The molecular weight excluding hydrogens is 272 g/mol. The number of methoxy groups -OCH3 is 1. The van der Waals surface area contributed by atoms with Crippen molar-refractivity contribution in [2.75, 3.05) is 7.11 Å². The minimum atomic E-state index is -0.171. The van der Waals surface area contributed by atoms with Crippen molar-refractivity contribution >= 4 is 12.4 Å². The second kappa shape index (κ2) is 7.67. The number of rotatable bonds is 6. The molecule has 1 aliphatic rings. The van der Waals surface area contributed by atoms with E-state index in [4.69, 9.17) is 14.2 Å². The van der Waals surface area contributed by atoms with Gasteiger partial charge in [-0.3, -0.25) is 9.59 Å². The van der Waals surface area contributed by atoms with Crippen molar-refractivity contribution in [3.63, 3.8) is 0 Å². The molecule has 5 heteroatoms. The van der Waals surface area contributed by atoms with Crippen LogP contribution >= 0.6 is 0 Å². The average Bonchev–Trinajstić information content (AvgIpc) is 2.54. The van der Waals surface area contributed by atoms with Crippen LogP contribution in [0.3, 0.4) is 0 Å². The fourth-order valence-electron chi connectivity index (χ4n) is 2.51. The predicted octanol–water partition coefficient (Wildman–Crippen LogP) is 2.47. The highest BCUT2D eigenvalue weighted by atomic mass is 16.5. The average molecular weight is 292 g/mol. The highest BCUT2D eigenvalue weighted by Gasteiger charge is 2.28. The van der Waals surface area contributed by atoms with Crippen molar-refractivity contribution < 1.29 is 23.8 Å². The van der Waals surface area contributed by atoms with Crippen LogP contribution in [0.25, 0.3) is 0 Å². The number of esters is 1. The molecule has 1 aliphatic carbocycles. The molecule has 0 unspecified atom stereocenters. The molecule has 114 valence electrons. The van der Waals surface area contributed by atoms with Gasteiger partial charge in [0.05, 0.1) is 13.0 Å². The molecule has 21 heavy (non-hydrogen) atoms. The molecule has 0 N–H and O–H groups in total. The third-order valence-electron chi connectivity index (χ3n) is 3.80. The maximum absolute atomic E-state index is 12.0. The molecule has 2 rings (SSSR count). The largest absolute Gasteiger partial charge is 0.497 e. The van der Waals surface area contributed by atoms with Crippen molar-refractivity contribution in [2.45, 2.75) is 38.4 Å². The lowest BCUT2D eigenvalue weighted by molar-refractivity contribution is -0.152. The van der Waals surface area contributed by atoms with Crippen LogP contribution < -0.4 is 4.74 Å². The molecule has 0 heterocycles. The number of carbonyl (C=O) groups excluding carboxylic acids is 2. The van der Waals surface area contributed by atoms with E-state index < -0.39 is 0 Å². The summed E-state index contributed by atoms with van der Waals surface area (Å²) in [5.74, 6) is 0.517. The monoisotopic (exact) mass is 292 g/mol. The van der Waals surface area contributed by atoms with Gasteiger partial charge in [-0.2, -0.15) is 0 Å². The van der Waals surface area contributed by atoms with E-state index in [1.165, 1.54) is 0 Å². The third kappa shape index (κ3) is 4.48. The zero-order valence-corrected chi connectivity index (χ0v) is 12.1. The predicted molar refractivity (Wildman–Crippen MR) is 75.7 cm³/mol. The number of carbonyl (C=O) groups is 2. The first-order valence-corrected chi connectivity index (χ1v) is 7.11. The number of benzene rings is 1. The quantitative estimate of drug-likeness (QED) is 0.595. The summed E-state index contributed by atoms with van der Waals surface area (Å²) in [6.45, 7) is 0.751. The van der Waals surface area contributed by atoms with E-state index in [0.29, 0.717) is 19.3 Å². The van der Waals surface area contributed by atoms with E-state index >= 15 is 0 Å². The summed E-state index contributed by atoms with van der Waals surface area (Å²) in [5.41, 5.74) is 0.933. The Hall–Kier alpha value is -2.04. The van der Waals surface area contributed by atoms with Crippen LogP contribution in [0.4, 0.5) is 0 Å². The lowest BCUT2D eigenvalue weighted by atomic mass is 9.87. The van der Waals surface area contributed by atoms with Gasteiger partial charge in [-0.1, -0.05) is 12.1 Å². The smallest absolute Gasteiger partial charge is 0.309 e. The highest BCUT2D eigenvalue weighted by molar-refractivity contribution is 5.72. The van der Waals surface area contributed by atoms with Gasteiger partial charge in [0.1, 0.15) is 18.5 Å². The van der Waals surface area contributed by atoms with Crippen LogP contribution in [0.2, 0.25) is 0 Å². The number of hydrogen-bond donors (Lipinski definition) is 0. The number of ether oxygens (including phenoxy) is 3. The highest BCUT2D eigenvalue weighted by Crippen LogP contribution is 2.27. The molecule has 1 fully saturated rings. The lowest BCUT2D eigenvalue weighted by Crippen LogP contribution is -2.27. The Labute approximate surface area is 124 Å². The molecule has 0 radical (unpaired) electrons. The molecular formula is C16H20O5. The summed E-state index contributed by atoms with van der Waals surface area (Å²) in [6.07, 6.45) is 2.82. The fourth-order valence-corrected chi connectivity index (χ4v) is 2.51. The van der Waals surface area contributed by atoms with E-state index in [-0.39, 0.29) is 24.6 Å². The standard InChI is InChI=1S/C16H20O5/c1-19-14-6-2-12(3-7-14)10-20-16(18)13-4-8-15(9-5-13)21-11-17/h2-3,6-7,11,13,15H,4-5,8-10H2,1H3. The zero-order chi connectivity index (χ0) is 15.1. The summed E-state index contributed by atoms with van der Waals surface area (Å²) in [4.78, 5) is 22.3. The van der Waals surface area contributed by atoms with Gasteiger partial charge in [-0.15, -0.1) is 0 Å². The molecule has 0 amide bonds. The van der Waals surface area contributed by atoms with Gasteiger partial charge < -0.3 is 14.2 Å². The van der Waals surface area contributed by atoms with E-state index in [2.05, 4.69) is 0 Å². The van der Waals surface area contributed by atoms with Crippen molar-refractivity contribution in [1.82, 2.24) is 0 Å². The van der Waals surface area contributed by atoms with Gasteiger partial charge in [0.25, 0.3) is 6.47 Å².